The van der Waals surface area contributed by atoms with Gasteiger partial charge in [0.15, 0.2) is 5.78 Å². The second-order valence-corrected chi connectivity index (χ2v) is 10.6. The van der Waals surface area contributed by atoms with E-state index < -0.39 is 38.7 Å². The van der Waals surface area contributed by atoms with Gasteiger partial charge in [-0.2, -0.15) is 0 Å². The molecule has 1 aromatic heterocycles. The zero-order valence-electron chi connectivity index (χ0n) is 19.7. The number of carbonyl (C=O) groups excluding carboxylic acids is 1. The lowest BCUT2D eigenvalue weighted by Gasteiger charge is -2.28. The summed E-state index contributed by atoms with van der Waals surface area (Å²) in [7, 11) is -0.915. The van der Waals surface area contributed by atoms with Crippen LogP contribution in [0.25, 0.3) is 0 Å². The number of methoxy groups -OCH3 is 1. The van der Waals surface area contributed by atoms with Crippen molar-refractivity contribution in [2.45, 2.75) is 25.4 Å². The number of nitrogens with two attached hydrogens (primary N) is 1. The Kier molecular flexibility index (Phi) is 7.99. The van der Waals surface area contributed by atoms with E-state index in [0.29, 0.717) is 11.3 Å². The molecule has 7 nitrogen and oxygen atoms in total. The molecule has 0 aliphatic carbocycles. The number of halogens is 2. The summed E-state index contributed by atoms with van der Waals surface area (Å²) < 4.78 is 60.1. The largest absolute Gasteiger partial charge is 0.497 e. The molecule has 1 atom stereocenters. The van der Waals surface area contributed by atoms with E-state index in [1.165, 1.54) is 39.3 Å². The number of sulfonamides is 1. The Morgan fingerprint density at radius 1 is 1.09 bits per heavy atom. The summed E-state index contributed by atoms with van der Waals surface area (Å²) in [5, 5.41) is 0. The van der Waals surface area contributed by atoms with E-state index >= 15 is 0 Å². The number of carbonyl (C=O) groups is 1. The molecule has 3 aromatic rings. The maximum Gasteiger partial charge on any atom is 0.216 e. The standard InChI is InChI=1S/C25H27F2N3O4S/c1-25(28,16-35(32,33)30(2)15-17-4-8-20(34-3)9-5-17)21-12-18(6-10-22(21)27)13-24(31)23-11-7-19(26)14-29-23/h4-12,14H,13,15-16,28H2,1-3H3/t25-/m0/s1. The van der Waals surface area contributed by atoms with Gasteiger partial charge in [-0.1, -0.05) is 24.3 Å². The number of hydrogen-bond acceptors (Lipinski definition) is 6. The molecule has 0 radical (unpaired) electrons. The van der Waals surface area contributed by atoms with E-state index in [1.54, 1.807) is 24.3 Å². The fourth-order valence-corrected chi connectivity index (χ4v) is 5.07. The molecule has 2 N–H and O–H groups in total. The molecule has 0 unspecified atom stereocenters. The monoisotopic (exact) mass is 503 g/mol. The summed E-state index contributed by atoms with van der Waals surface area (Å²) in [6, 6.07) is 13.3. The molecule has 3 rings (SSSR count). The molecular weight excluding hydrogens is 476 g/mol. The van der Waals surface area contributed by atoms with Crippen LogP contribution >= 0.6 is 0 Å². The zero-order chi connectivity index (χ0) is 25.8. The third kappa shape index (κ3) is 6.68. The first-order chi connectivity index (χ1) is 16.4. The number of ketones is 1. The van der Waals surface area contributed by atoms with Crippen LogP contribution in [0.2, 0.25) is 0 Å². The highest BCUT2D eigenvalue weighted by Gasteiger charge is 2.33. The van der Waals surface area contributed by atoms with E-state index in [0.717, 1.165) is 28.2 Å². The summed E-state index contributed by atoms with van der Waals surface area (Å²) in [4.78, 5) is 16.2. The Balaban J connectivity index is 1.77. The molecule has 0 amide bonds. The Hall–Kier alpha value is -3.21. The molecule has 0 spiro atoms. The molecule has 1 heterocycles. The van der Waals surface area contributed by atoms with Gasteiger partial charge in [0.2, 0.25) is 10.0 Å². The lowest BCUT2D eigenvalue weighted by atomic mass is 9.92. The van der Waals surface area contributed by atoms with Gasteiger partial charge in [-0.15, -0.1) is 0 Å². The van der Waals surface area contributed by atoms with Crippen LogP contribution in [-0.4, -0.2) is 43.4 Å². The predicted molar refractivity (Wildman–Crippen MR) is 128 cm³/mol. The van der Waals surface area contributed by atoms with Crippen molar-refractivity contribution in [3.05, 3.63) is 94.8 Å². The van der Waals surface area contributed by atoms with Gasteiger partial charge in [0.1, 0.15) is 23.1 Å². The summed E-state index contributed by atoms with van der Waals surface area (Å²) >= 11 is 0. The van der Waals surface area contributed by atoms with Gasteiger partial charge in [0, 0.05) is 25.6 Å². The minimum atomic E-state index is -3.88. The molecule has 0 aliphatic heterocycles. The first-order valence-electron chi connectivity index (χ1n) is 10.7. The van der Waals surface area contributed by atoms with E-state index in [9.17, 15) is 22.0 Å². The van der Waals surface area contributed by atoms with E-state index in [2.05, 4.69) is 4.98 Å². The highest BCUT2D eigenvalue weighted by molar-refractivity contribution is 7.89. The minimum Gasteiger partial charge on any atom is -0.497 e. The third-order valence-corrected chi connectivity index (χ3v) is 7.59. The number of ether oxygens (including phenoxy) is 1. The van der Waals surface area contributed by atoms with Crippen molar-refractivity contribution in [1.29, 1.82) is 0 Å². The fraction of sp³-hybridized carbons (Fsp3) is 0.280. The van der Waals surface area contributed by atoms with Gasteiger partial charge in [-0.25, -0.2) is 21.5 Å². The van der Waals surface area contributed by atoms with E-state index in [4.69, 9.17) is 10.5 Å². The number of benzene rings is 2. The first-order valence-corrected chi connectivity index (χ1v) is 12.3. The van der Waals surface area contributed by atoms with E-state index in [1.807, 2.05) is 0 Å². The van der Waals surface area contributed by atoms with Crippen LogP contribution in [0, 0.1) is 11.6 Å². The number of Topliss-reactive ketones (excluding diaryl/α,β-unsaturated/α-hetero) is 1. The second kappa shape index (κ2) is 10.6. The van der Waals surface area contributed by atoms with Gasteiger partial charge in [0.05, 0.1) is 24.6 Å². The Bertz CT molecular complexity index is 1300. The van der Waals surface area contributed by atoms with Crippen molar-refractivity contribution in [1.82, 2.24) is 9.29 Å². The maximum atomic E-state index is 14.7. The molecule has 35 heavy (non-hydrogen) atoms. The van der Waals surface area contributed by atoms with Gasteiger partial charge in [0.25, 0.3) is 0 Å². The van der Waals surface area contributed by atoms with Gasteiger partial charge >= 0.3 is 0 Å². The summed E-state index contributed by atoms with van der Waals surface area (Å²) in [5.74, 6) is -1.55. The first kappa shape index (κ1) is 26.4. The SMILES string of the molecule is COc1ccc(CN(C)S(=O)(=O)C[C@](C)(N)c2cc(CC(=O)c3ccc(F)cn3)ccc2F)cc1. The zero-order valence-corrected chi connectivity index (χ0v) is 20.5. The summed E-state index contributed by atoms with van der Waals surface area (Å²) in [6.07, 6.45) is 0.805. The normalized spacial score (nSPS) is 13.5. The Morgan fingerprint density at radius 2 is 1.74 bits per heavy atom. The topological polar surface area (TPSA) is 103 Å². The lowest BCUT2D eigenvalue weighted by Crippen LogP contribution is -2.45. The minimum absolute atomic E-state index is 0.0312. The van der Waals surface area contributed by atoms with Crippen molar-refractivity contribution in [3.63, 3.8) is 0 Å². The maximum absolute atomic E-state index is 14.7. The van der Waals surface area contributed by atoms with Gasteiger partial charge in [-0.05, 0) is 48.4 Å². The Labute approximate surface area is 203 Å². The van der Waals surface area contributed by atoms with Crippen molar-refractivity contribution >= 4 is 15.8 Å². The molecule has 0 bridgehead atoms. The fourth-order valence-electron chi connectivity index (χ4n) is 3.59. The molecule has 10 heteroatoms. The van der Waals surface area contributed by atoms with Crippen LogP contribution < -0.4 is 10.5 Å². The highest BCUT2D eigenvalue weighted by atomic mass is 32.2. The third-order valence-electron chi connectivity index (χ3n) is 5.55. The van der Waals surface area contributed by atoms with Crippen molar-refractivity contribution in [3.8, 4) is 5.75 Å². The number of aromatic nitrogens is 1. The summed E-state index contributed by atoms with van der Waals surface area (Å²) in [6.45, 7) is 1.53. The molecule has 186 valence electrons. The number of pyridine rings is 1. The van der Waals surface area contributed by atoms with Crippen LogP contribution in [0.3, 0.4) is 0 Å². The molecular formula is C25H27F2N3O4S. The quantitative estimate of drug-likeness (QED) is 0.426. The molecule has 0 saturated carbocycles. The van der Waals surface area contributed by atoms with Crippen LogP contribution in [-0.2, 0) is 28.5 Å². The van der Waals surface area contributed by atoms with Crippen molar-refractivity contribution in [2.24, 2.45) is 5.73 Å². The van der Waals surface area contributed by atoms with Crippen LogP contribution in [0.1, 0.15) is 34.1 Å². The summed E-state index contributed by atoms with van der Waals surface area (Å²) in [5.41, 5.74) is 5.95. The highest BCUT2D eigenvalue weighted by Crippen LogP contribution is 2.26. The van der Waals surface area contributed by atoms with Crippen LogP contribution in [0.4, 0.5) is 8.78 Å². The lowest BCUT2D eigenvalue weighted by molar-refractivity contribution is 0.0988. The average molecular weight is 504 g/mol. The molecule has 0 aliphatic rings. The second-order valence-electron chi connectivity index (χ2n) is 8.55. The van der Waals surface area contributed by atoms with Gasteiger partial charge < -0.3 is 10.5 Å². The number of hydrogen-bond donors (Lipinski definition) is 1. The van der Waals surface area contributed by atoms with Crippen LogP contribution in [0.5, 0.6) is 5.75 Å². The van der Waals surface area contributed by atoms with Crippen molar-refractivity contribution < 1.29 is 26.7 Å². The average Bonchev–Trinajstić information content (AvgIpc) is 2.80. The van der Waals surface area contributed by atoms with Crippen LogP contribution in [0.15, 0.2) is 60.8 Å². The molecule has 0 fully saturated rings. The van der Waals surface area contributed by atoms with Gasteiger partial charge in [-0.3, -0.25) is 9.78 Å². The Morgan fingerprint density at radius 3 is 2.34 bits per heavy atom. The number of rotatable bonds is 10. The molecule has 2 aromatic carbocycles. The van der Waals surface area contributed by atoms with E-state index in [-0.39, 0.29) is 24.2 Å². The molecule has 0 saturated heterocycles. The van der Waals surface area contributed by atoms with Crippen molar-refractivity contribution in [2.75, 3.05) is 19.9 Å². The number of nitrogens with zero attached hydrogens (tertiary/aromatic N) is 2. The predicted octanol–water partition coefficient (Wildman–Crippen LogP) is 3.43. The smallest absolute Gasteiger partial charge is 0.216 e.